The van der Waals surface area contributed by atoms with Crippen molar-refractivity contribution >= 4 is 5.91 Å². The molecule has 0 aromatic heterocycles. The van der Waals surface area contributed by atoms with Crippen LogP contribution in [0.4, 0.5) is 0 Å². The predicted octanol–water partition coefficient (Wildman–Crippen LogP) is 2.15. The maximum Gasteiger partial charge on any atom is 0.222 e. The fourth-order valence-corrected chi connectivity index (χ4v) is 2.45. The lowest BCUT2D eigenvalue weighted by Gasteiger charge is -2.22. The molecule has 1 fully saturated rings. The first kappa shape index (κ1) is 13.5. The number of hydrogen-bond acceptors (Lipinski definition) is 2. The number of nitrogens with zero attached hydrogens (tertiary/aromatic N) is 1. The van der Waals surface area contributed by atoms with E-state index in [1.807, 2.05) is 11.9 Å². The summed E-state index contributed by atoms with van der Waals surface area (Å²) in [5.41, 5.74) is 5.43. The van der Waals surface area contributed by atoms with Gasteiger partial charge in [0.25, 0.3) is 0 Å². The number of nitrogens with two attached hydrogens (primary N) is 1. The van der Waals surface area contributed by atoms with E-state index < -0.39 is 0 Å². The van der Waals surface area contributed by atoms with Crippen molar-refractivity contribution in [3.05, 3.63) is 0 Å². The number of hydrogen-bond donors (Lipinski definition) is 1. The summed E-state index contributed by atoms with van der Waals surface area (Å²) in [7, 11) is 1.89. The first-order chi connectivity index (χ1) is 7.74. The van der Waals surface area contributed by atoms with Crippen molar-refractivity contribution < 1.29 is 4.79 Å². The van der Waals surface area contributed by atoms with Gasteiger partial charge in [0.05, 0.1) is 0 Å². The largest absolute Gasteiger partial charge is 0.346 e. The van der Waals surface area contributed by atoms with Crippen LogP contribution in [0.25, 0.3) is 0 Å². The number of carbonyl (C=O) groups excluding carboxylic acids is 1. The number of carbonyl (C=O) groups is 1. The lowest BCUT2D eigenvalue weighted by atomic mass is 9.86. The quantitative estimate of drug-likeness (QED) is 0.754. The summed E-state index contributed by atoms with van der Waals surface area (Å²) < 4.78 is 0. The summed E-state index contributed by atoms with van der Waals surface area (Å²) in [5, 5.41) is 0. The van der Waals surface area contributed by atoms with Crippen LogP contribution in [-0.4, -0.2) is 30.9 Å². The van der Waals surface area contributed by atoms with Crippen molar-refractivity contribution in [1.29, 1.82) is 0 Å². The van der Waals surface area contributed by atoms with E-state index in [2.05, 4.69) is 0 Å². The molecule has 94 valence electrons. The van der Waals surface area contributed by atoms with Gasteiger partial charge in [0.1, 0.15) is 0 Å². The smallest absolute Gasteiger partial charge is 0.222 e. The van der Waals surface area contributed by atoms with Gasteiger partial charge in [-0.05, 0) is 25.3 Å². The molecule has 1 amide bonds. The number of rotatable bonds is 6. The van der Waals surface area contributed by atoms with E-state index >= 15 is 0 Å². The Balaban J connectivity index is 2.12. The summed E-state index contributed by atoms with van der Waals surface area (Å²) in [5.74, 6) is 1.10. The van der Waals surface area contributed by atoms with E-state index in [1.54, 1.807) is 0 Å². The molecule has 16 heavy (non-hydrogen) atoms. The first-order valence-corrected chi connectivity index (χ1v) is 6.68. The average molecular weight is 226 g/mol. The Morgan fingerprint density at radius 2 is 2.00 bits per heavy atom. The minimum atomic E-state index is 0.291. The lowest BCUT2D eigenvalue weighted by molar-refractivity contribution is -0.130. The third kappa shape index (κ3) is 4.97. The third-order valence-electron chi connectivity index (χ3n) is 3.61. The van der Waals surface area contributed by atoms with Gasteiger partial charge in [-0.3, -0.25) is 4.79 Å². The highest BCUT2D eigenvalue weighted by molar-refractivity contribution is 5.75. The van der Waals surface area contributed by atoms with Crippen LogP contribution < -0.4 is 5.73 Å². The summed E-state index contributed by atoms with van der Waals surface area (Å²) in [4.78, 5) is 13.6. The van der Waals surface area contributed by atoms with Crippen LogP contribution in [0.2, 0.25) is 0 Å². The molecule has 0 heterocycles. The van der Waals surface area contributed by atoms with Gasteiger partial charge < -0.3 is 10.6 Å². The van der Waals surface area contributed by atoms with E-state index in [4.69, 9.17) is 5.73 Å². The van der Waals surface area contributed by atoms with Gasteiger partial charge in [0.2, 0.25) is 5.91 Å². The predicted molar refractivity (Wildman–Crippen MR) is 67.1 cm³/mol. The molecule has 1 saturated carbocycles. The Morgan fingerprint density at radius 3 is 2.62 bits per heavy atom. The van der Waals surface area contributed by atoms with Gasteiger partial charge in [-0.15, -0.1) is 0 Å². The number of amides is 1. The van der Waals surface area contributed by atoms with Crippen molar-refractivity contribution in [3.8, 4) is 0 Å². The summed E-state index contributed by atoms with van der Waals surface area (Å²) in [6.07, 6.45) is 9.51. The maximum atomic E-state index is 11.8. The van der Waals surface area contributed by atoms with Gasteiger partial charge in [-0.25, -0.2) is 0 Å². The molecule has 1 rings (SSSR count). The lowest BCUT2D eigenvalue weighted by Crippen LogP contribution is -2.29. The molecule has 2 N–H and O–H groups in total. The molecular weight excluding hydrogens is 200 g/mol. The monoisotopic (exact) mass is 226 g/mol. The Morgan fingerprint density at radius 1 is 1.31 bits per heavy atom. The van der Waals surface area contributed by atoms with Crippen molar-refractivity contribution in [3.63, 3.8) is 0 Å². The normalized spacial score (nSPS) is 17.4. The molecule has 0 bridgehead atoms. The summed E-state index contributed by atoms with van der Waals surface area (Å²) >= 11 is 0. The molecule has 0 aromatic rings. The molecular formula is C13H26N2O. The van der Waals surface area contributed by atoms with Gasteiger partial charge in [0, 0.05) is 20.0 Å². The van der Waals surface area contributed by atoms with Crippen LogP contribution in [-0.2, 0) is 4.79 Å². The van der Waals surface area contributed by atoms with Crippen LogP contribution in [0.1, 0.15) is 51.4 Å². The van der Waals surface area contributed by atoms with E-state index in [-0.39, 0.29) is 0 Å². The molecule has 3 nitrogen and oxygen atoms in total. The third-order valence-corrected chi connectivity index (χ3v) is 3.61. The minimum absolute atomic E-state index is 0.291. The Labute approximate surface area is 99.4 Å². The van der Waals surface area contributed by atoms with Crippen molar-refractivity contribution in [2.45, 2.75) is 51.4 Å². The summed E-state index contributed by atoms with van der Waals surface area (Å²) in [6, 6.07) is 0. The van der Waals surface area contributed by atoms with Crippen LogP contribution in [0.3, 0.4) is 0 Å². The molecule has 3 heteroatoms. The van der Waals surface area contributed by atoms with Crippen LogP contribution in [0.5, 0.6) is 0 Å². The Bertz CT molecular complexity index is 200. The second-order valence-corrected chi connectivity index (χ2v) is 5.00. The average Bonchev–Trinajstić information content (AvgIpc) is 2.34. The highest BCUT2D eigenvalue weighted by Crippen LogP contribution is 2.27. The fourth-order valence-electron chi connectivity index (χ4n) is 2.45. The van der Waals surface area contributed by atoms with Crippen molar-refractivity contribution in [2.24, 2.45) is 11.7 Å². The first-order valence-electron chi connectivity index (χ1n) is 6.68. The molecule has 1 aliphatic rings. The molecule has 0 unspecified atom stereocenters. The highest BCUT2D eigenvalue weighted by Gasteiger charge is 2.16. The van der Waals surface area contributed by atoms with Gasteiger partial charge >= 0.3 is 0 Å². The molecule has 0 radical (unpaired) electrons. The zero-order valence-electron chi connectivity index (χ0n) is 10.6. The molecule has 0 aromatic carbocycles. The molecule has 0 aliphatic heterocycles. The van der Waals surface area contributed by atoms with Crippen LogP contribution in [0.15, 0.2) is 0 Å². The zero-order valence-corrected chi connectivity index (χ0v) is 10.6. The SMILES string of the molecule is CN(CCCN)C(=O)CCC1CCCCC1. The van der Waals surface area contributed by atoms with Gasteiger partial charge in [-0.1, -0.05) is 32.1 Å². The fraction of sp³-hybridized carbons (Fsp3) is 0.923. The molecule has 1 aliphatic carbocycles. The minimum Gasteiger partial charge on any atom is -0.346 e. The van der Waals surface area contributed by atoms with Gasteiger partial charge in [-0.2, -0.15) is 0 Å². The van der Waals surface area contributed by atoms with Crippen molar-refractivity contribution in [2.75, 3.05) is 20.1 Å². The van der Waals surface area contributed by atoms with E-state index in [9.17, 15) is 4.79 Å². The molecule has 0 saturated heterocycles. The maximum absolute atomic E-state index is 11.8. The molecule has 0 spiro atoms. The van der Waals surface area contributed by atoms with Crippen LogP contribution in [0, 0.1) is 5.92 Å². The van der Waals surface area contributed by atoms with E-state index in [1.165, 1.54) is 32.1 Å². The topological polar surface area (TPSA) is 46.3 Å². The standard InChI is InChI=1S/C13H26N2O/c1-15(11-5-10-14)13(16)9-8-12-6-3-2-4-7-12/h12H,2-11,14H2,1H3. The van der Waals surface area contributed by atoms with Crippen molar-refractivity contribution in [1.82, 2.24) is 4.90 Å². The van der Waals surface area contributed by atoms with Crippen LogP contribution >= 0.6 is 0 Å². The summed E-state index contributed by atoms with van der Waals surface area (Å²) in [6.45, 7) is 1.47. The highest BCUT2D eigenvalue weighted by atomic mass is 16.2. The Hall–Kier alpha value is -0.570. The van der Waals surface area contributed by atoms with E-state index in [0.717, 1.165) is 31.7 Å². The second-order valence-electron chi connectivity index (χ2n) is 5.00. The second kappa shape index (κ2) is 7.66. The Kier molecular flexibility index (Phi) is 6.46. The molecule has 0 atom stereocenters. The zero-order chi connectivity index (χ0) is 11.8. The van der Waals surface area contributed by atoms with Gasteiger partial charge in [0.15, 0.2) is 0 Å². The van der Waals surface area contributed by atoms with E-state index in [0.29, 0.717) is 12.5 Å².